The molecule has 0 saturated heterocycles. The van der Waals surface area contributed by atoms with Gasteiger partial charge in [0.1, 0.15) is 6.04 Å². The number of nitrogens with two attached hydrogens (primary N) is 1. The lowest BCUT2D eigenvalue weighted by Gasteiger charge is -2.21. The Bertz CT molecular complexity index is 565. The molecular weight excluding hydrogens is 274 g/mol. The van der Waals surface area contributed by atoms with Gasteiger partial charge in [0, 0.05) is 5.92 Å². The van der Waals surface area contributed by atoms with Crippen molar-refractivity contribution in [1.29, 1.82) is 0 Å². The van der Waals surface area contributed by atoms with Gasteiger partial charge >= 0.3 is 5.97 Å². The van der Waals surface area contributed by atoms with Gasteiger partial charge in [0.05, 0.1) is 0 Å². The maximum Gasteiger partial charge on any atom is 0.321 e. The van der Waals surface area contributed by atoms with Crippen molar-refractivity contribution in [3.05, 3.63) is 29.8 Å². The van der Waals surface area contributed by atoms with Crippen LogP contribution in [0.3, 0.4) is 0 Å². The number of phenolic OH excluding ortho intramolecular Hbond substituents is 2. The van der Waals surface area contributed by atoms with Crippen LogP contribution in [-0.2, 0) is 9.59 Å². The van der Waals surface area contributed by atoms with Gasteiger partial charge in [0.2, 0.25) is 0 Å². The minimum Gasteiger partial charge on any atom is -0.504 e. The Morgan fingerprint density at radius 3 is 2.29 bits per heavy atom. The van der Waals surface area contributed by atoms with Crippen LogP contribution in [0.1, 0.15) is 19.4 Å². The van der Waals surface area contributed by atoms with E-state index in [2.05, 4.69) is 0 Å². The van der Waals surface area contributed by atoms with Crippen molar-refractivity contribution in [2.45, 2.75) is 19.9 Å². The molecule has 0 aliphatic carbocycles. The van der Waals surface area contributed by atoms with Crippen LogP contribution < -0.4 is 5.73 Å². The largest absolute Gasteiger partial charge is 0.504 e. The van der Waals surface area contributed by atoms with Gasteiger partial charge in [-0.2, -0.15) is 0 Å². The highest BCUT2D eigenvalue weighted by molar-refractivity contribution is 5.98. The van der Waals surface area contributed by atoms with Gasteiger partial charge in [-0.15, -0.1) is 0 Å². The van der Waals surface area contributed by atoms with Crippen LogP contribution in [0, 0.1) is 11.8 Å². The number of phenols is 2. The van der Waals surface area contributed by atoms with Gasteiger partial charge in [0.25, 0.3) is 0 Å². The number of carboxylic acids is 1. The quantitative estimate of drug-likeness (QED) is 0.464. The van der Waals surface area contributed by atoms with Crippen molar-refractivity contribution in [1.82, 2.24) is 0 Å². The van der Waals surface area contributed by atoms with Crippen LogP contribution >= 0.6 is 0 Å². The fourth-order valence-corrected chi connectivity index (χ4v) is 2.01. The van der Waals surface area contributed by atoms with Crippen molar-refractivity contribution in [3.8, 4) is 11.5 Å². The fourth-order valence-electron chi connectivity index (χ4n) is 2.01. The minimum absolute atomic E-state index is 0.221. The molecule has 1 rings (SSSR count). The number of carbonyl (C=O) groups excluding carboxylic acids is 1. The Hall–Kier alpha value is -2.34. The molecule has 21 heavy (non-hydrogen) atoms. The molecule has 2 atom stereocenters. The standard InChI is InChI=1S/C15H19NO5/c1-8(2)13(14(16)15(20)21)11(18)6-4-9-3-5-10(17)12(19)7-9/h3-8,13-14,17,19H,16H2,1-2H3,(H,20,21)/b6-4+/t13?,14-/m0/s1. The lowest BCUT2D eigenvalue weighted by Crippen LogP contribution is -2.44. The number of hydrogen-bond acceptors (Lipinski definition) is 5. The van der Waals surface area contributed by atoms with Crippen molar-refractivity contribution < 1.29 is 24.9 Å². The first-order chi connectivity index (χ1) is 9.73. The summed E-state index contributed by atoms with van der Waals surface area (Å²) >= 11 is 0. The normalized spacial score (nSPS) is 14.3. The average Bonchev–Trinajstić information content (AvgIpc) is 2.39. The molecule has 1 aromatic carbocycles. The van der Waals surface area contributed by atoms with E-state index in [4.69, 9.17) is 10.8 Å². The number of hydrogen-bond donors (Lipinski definition) is 4. The Labute approximate surface area is 122 Å². The summed E-state index contributed by atoms with van der Waals surface area (Å²) in [6.07, 6.45) is 2.67. The number of benzene rings is 1. The molecule has 0 bridgehead atoms. The summed E-state index contributed by atoms with van der Waals surface area (Å²) in [6, 6.07) is 2.83. The van der Waals surface area contributed by atoms with Crippen molar-refractivity contribution in [3.63, 3.8) is 0 Å². The maximum atomic E-state index is 12.1. The third-order valence-corrected chi connectivity index (χ3v) is 3.16. The highest BCUT2D eigenvalue weighted by atomic mass is 16.4. The molecule has 0 radical (unpaired) electrons. The van der Waals surface area contributed by atoms with Gasteiger partial charge in [-0.3, -0.25) is 9.59 Å². The number of aliphatic carboxylic acids is 1. The summed E-state index contributed by atoms with van der Waals surface area (Å²) in [6.45, 7) is 3.46. The zero-order valence-corrected chi connectivity index (χ0v) is 11.9. The second kappa shape index (κ2) is 6.90. The number of aromatic hydroxyl groups is 2. The summed E-state index contributed by atoms with van der Waals surface area (Å²) in [5.74, 6) is -3.23. The zero-order valence-electron chi connectivity index (χ0n) is 11.9. The van der Waals surface area contributed by atoms with Crippen molar-refractivity contribution in [2.75, 3.05) is 0 Å². The van der Waals surface area contributed by atoms with E-state index in [1.807, 2.05) is 0 Å². The molecule has 5 N–H and O–H groups in total. The third kappa shape index (κ3) is 4.32. The SMILES string of the molecule is CC(C)C(C(=O)/C=C/c1ccc(O)c(O)c1)[C@H](N)C(=O)O. The summed E-state index contributed by atoms with van der Waals surface area (Å²) in [5.41, 5.74) is 6.05. The van der Waals surface area contributed by atoms with E-state index in [1.54, 1.807) is 13.8 Å². The summed E-state index contributed by atoms with van der Waals surface area (Å²) in [7, 11) is 0. The zero-order chi connectivity index (χ0) is 16.2. The molecule has 6 heteroatoms. The number of rotatable bonds is 6. The molecule has 6 nitrogen and oxygen atoms in total. The predicted molar refractivity (Wildman–Crippen MR) is 77.8 cm³/mol. The molecule has 0 aromatic heterocycles. The summed E-state index contributed by atoms with van der Waals surface area (Å²) in [4.78, 5) is 23.1. The molecule has 0 saturated carbocycles. The van der Waals surface area contributed by atoms with E-state index in [9.17, 15) is 19.8 Å². The third-order valence-electron chi connectivity index (χ3n) is 3.16. The van der Waals surface area contributed by atoms with Crippen LogP contribution in [0.5, 0.6) is 11.5 Å². The first-order valence-electron chi connectivity index (χ1n) is 6.46. The molecule has 0 spiro atoms. The van der Waals surface area contributed by atoms with Crippen LogP contribution in [0.25, 0.3) is 6.08 Å². The lowest BCUT2D eigenvalue weighted by atomic mass is 9.85. The molecular formula is C15H19NO5. The van der Waals surface area contributed by atoms with E-state index in [0.717, 1.165) is 0 Å². The molecule has 0 amide bonds. The average molecular weight is 293 g/mol. The molecule has 1 aromatic rings. The summed E-state index contributed by atoms with van der Waals surface area (Å²) < 4.78 is 0. The van der Waals surface area contributed by atoms with Crippen LogP contribution in [-0.4, -0.2) is 33.1 Å². The topological polar surface area (TPSA) is 121 Å². The Morgan fingerprint density at radius 1 is 1.19 bits per heavy atom. The van der Waals surface area contributed by atoms with Crippen LogP contribution in [0.15, 0.2) is 24.3 Å². The number of carboxylic acid groups (broad SMARTS) is 1. The Kier molecular flexibility index (Phi) is 5.49. The van der Waals surface area contributed by atoms with Crippen molar-refractivity contribution >= 4 is 17.8 Å². The number of allylic oxidation sites excluding steroid dienone is 1. The van der Waals surface area contributed by atoms with Crippen molar-refractivity contribution in [2.24, 2.45) is 17.6 Å². The molecule has 114 valence electrons. The van der Waals surface area contributed by atoms with Gasteiger partial charge < -0.3 is 21.1 Å². The van der Waals surface area contributed by atoms with E-state index >= 15 is 0 Å². The highest BCUT2D eigenvalue weighted by Crippen LogP contribution is 2.25. The van der Waals surface area contributed by atoms with Gasteiger partial charge in [-0.05, 0) is 29.7 Å². The Morgan fingerprint density at radius 2 is 1.81 bits per heavy atom. The van der Waals surface area contributed by atoms with Crippen LogP contribution in [0.2, 0.25) is 0 Å². The Balaban J connectivity index is 2.93. The highest BCUT2D eigenvalue weighted by Gasteiger charge is 2.31. The van der Waals surface area contributed by atoms with E-state index in [1.165, 1.54) is 30.4 Å². The molecule has 0 aliphatic rings. The predicted octanol–water partition coefficient (Wildman–Crippen LogP) is 1.36. The van der Waals surface area contributed by atoms with Gasteiger partial charge in [-0.25, -0.2) is 0 Å². The second-order valence-electron chi connectivity index (χ2n) is 5.12. The fraction of sp³-hybridized carbons (Fsp3) is 0.333. The van der Waals surface area contributed by atoms with Gasteiger partial charge in [0.15, 0.2) is 17.3 Å². The van der Waals surface area contributed by atoms with E-state index in [0.29, 0.717) is 5.56 Å². The number of carbonyl (C=O) groups is 2. The van der Waals surface area contributed by atoms with Gasteiger partial charge in [-0.1, -0.05) is 26.0 Å². The first-order valence-corrected chi connectivity index (χ1v) is 6.46. The van der Waals surface area contributed by atoms with E-state index < -0.39 is 23.7 Å². The smallest absolute Gasteiger partial charge is 0.321 e. The monoisotopic (exact) mass is 293 g/mol. The summed E-state index contributed by atoms with van der Waals surface area (Å²) in [5, 5.41) is 27.5. The molecule has 1 unspecified atom stereocenters. The molecule has 0 heterocycles. The second-order valence-corrected chi connectivity index (χ2v) is 5.12. The lowest BCUT2D eigenvalue weighted by molar-refractivity contribution is -0.142. The van der Waals surface area contributed by atoms with E-state index in [-0.39, 0.29) is 17.4 Å². The number of ketones is 1. The minimum atomic E-state index is -1.27. The van der Waals surface area contributed by atoms with Crippen LogP contribution in [0.4, 0.5) is 0 Å². The maximum absolute atomic E-state index is 12.1. The molecule has 0 fully saturated rings. The first kappa shape index (κ1) is 16.7. The molecule has 0 aliphatic heterocycles.